The summed E-state index contributed by atoms with van der Waals surface area (Å²) in [4.78, 5) is 19.9. The van der Waals surface area contributed by atoms with E-state index in [9.17, 15) is 4.79 Å². The van der Waals surface area contributed by atoms with Gasteiger partial charge in [0.1, 0.15) is 0 Å². The zero-order chi connectivity index (χ0) is 17.6. The van der Waals surface area contributed by atoms with Crippen LogP contribution in [0.4, 0.5) is 5.95 Å². The third-order valence-electron chi connectivity index (χ3n) is 4.26. The van der Waals surface area contributed by atoms with Crippen molar-refractivity contribution in [2.75, 3.05) is 5.32 Å². The summed E-state index contributed by atoms with van der Waals surface area (Å²) in [5.41, 5.74) is 4.84. The van der Waals surface area contributed by atoms with Crippen LogP contribution in [-0.2, 0) is 5.54 Å². The van der Waals surface area contributed by atoms with Crippen LogP contribution in [0, 0.1) is 6.92 Å². The number of aromatic nitrogens is 2. The van der Waals surface area contributed by atoms with Gasteiger partial charge in [0.15, 0.2) is 0 Å². The van der Waals surface area contributed by atoms with Crippen LogP contribution in [-0.4, -0.2) is 15.9 Å². The lowest BCUT2D eigenvalue weighted by atomic mass is 9.70. The van der Waals surface area contributed by atoms with Gasteiger partial charge < -0.3 is 5.32 Å². The number of carbonyl (C=O) groups excluding carboxylic acids is 1. The fraction of sp³-hybridized carbons (Fsp3) is 0.389. The van der Waals surface area contributed by atoms with Crippen molar-refractivity contribution >= 4 is 11.9 Å². The molecule has 0 saturated heterocycles. The predicted octanol–water partition coefficient (Wildman–Crippen LogP) is 2.91. The molecule has 1 aliphatic carbocycles. The Morgan fingerprint density at radius 1 is 1.17 bits per heavy atom. The summed E-state index contributed by atoms with van der Waals surface area (Å²) in [5, 5.41) is 3.45. The summed E-state index contributed by atoms with van der Waals surface area (Å²) in [6, 6.07) is 8.37. The van der Waals surface area contributed by atoms with E-state index in [1.54, 1.807) is 0 Å². The monoisotopic (exact) mass is 327 g/mol. The second-order valence-corrected chi connectivity index (χ2v) is 5.64. The van der Waals surface area contributed by atoms with Crippen molar-refractivity contribution in [2.24, 2.45) is 5.84 Å². The Balaban J connectivity index is 0.00000100. The average Bonchev–Trinajstić information content (AvgIpc) is 2.60. The third-order valence-corrected chi connectivity index (χ3v) is 4.26. The first-order valence-corrected chi connectivity index (χ1v) is 8.32. The van der Waals surface area contributed by atoms with E-state index in [1.165, 1.54) is 29.9 Å². The molecule has 6 heteroatoms. The number of hydrazine groups is 1. The van der Waals surface area contributed by atoms with Gasteiger partial charge in [0.2, 0.25) is 5.95 Å². The van der Waals surface area contributed by atoms with Gasteiger partial charge in [-0.2, -0.15) is 0 Å². The minimum absolute atomic E-state index is 0.108. The van der Waals surface area contributed by atoms with Crippen LogP contribution >= 0.6 is 0 Å². The Bertz CT molecular complexity index is 680. The van der Waals surface area contributed by atoms with Crippen LogP contribution in [0.2, 0.25) is 0 Å². The molecule has 1 aromatic carbocycles. The Kier molecular flexibility index (Phi) is 5.87. The molecule has 2 aromatic rings. The number of benzene rings is 1. The number of nitrogens with two attached hydrogens (primary N) is 1. The number of carbonyl (C=O) groups is 1. The van der Waals surface area contributed by atoms with Gasteiger partial charge in [-0.15, -0.1) is 0 Å². The molecule has 1 amide bonds. The van der Waals surface area contributed by atoms with Gasteiger partial charge in [0.25, 0.3) is 5.91 Å². The SMILES string of the molecule is CC.Cc1ccccc1C1(Nc2ncc(C(=O)NN)cn2)CCC1. The van der Waals surface area contributed by atoms with Crippen LogP contribution in [0.15, 0.2) is 36.7 Å². The number of rotatable bonds is 4. The van der Waals surface area contributed by atoms with Crippen molar-refractivity contribution in [3.63, 3.8) is 0 Å². The van der Waals surface area contributed by atoms with Crippen molar-refractivity contribution < 1.29 is 4.79 Å². The van der Waals surface area contributed by atoms with Crippen LogP contribution in [0.1, 0.15) is 54.6 Å². The minimum Gasteiger partial charge on any atom is -0.345 e. The zero-order valence-corrected chi connectivity index (χ0v) is 14.5. The Morgan fingerprint density at radius 3 is 2.29 bits per heavy atom. The number of nitrogens with one attached hydrogen (secondary N) is 2. The number of nitrogens with zero attached hydrogens (tertiary/aromatic N) is 2. The van der Waals surface area contributed by atoms with Crippen molar-refractivity contribution in [1.82, 2.24) is 15.4 Å². The topological polar surface area (TPSA) is 92.9 Å². The standard InChI is InChI=1S/C16H19N5O.C2H6/c1-11-5-2-3-6-13(11)16(7-4-8-16)20-15-18-9-12(10-19-15)14(22)21-17;1-2/h2-3,5-6,9-10H,4,7-8,17H2,1H3,(H,21,22)(H,18,19,20);1-2H3. The van der Waals surface area contributed by atoms with E-state index in [4.69, 9.17) is 5.84 Å². The Hall–Kier alpha value is -2.47. The van der Waals surface area contributed by atoms with Crippen molar-refractivity contribution in [1.29, 1.82) is 0 Å². The molecule has 0 bridgehead atoms. The normalized spacial score (nSPS) is 14.7. The summed E-state index contributed by atoms with van der Waals surface area (Å²) in [6.45, 7) is 6.12. The first-order valence-electron chi connectivity index (χ1n) is 8.32. The van der Waals surface area contributed by atoms with E-state index in [0.29, 0.717) is 11.5 Å². The first kappa shape index (κ1) is 17.9. The molecular weight excluding hydrogens is 302 g/mol. The first-order chi connectivity index (χ1) is 11.6. The quantitative estimate of drug-likeness (QED) is 0.456. The van der Waals surface area contributed by atoms with Gasteiger partial charge in [0, 0.05) is 12.4 Å². The number of amides is 1. The molecule has 1 heterocycles. The summed E-state index contributed by atoms with van der Waals surface area (Å²) in [6.07, 6.45) is 6.22. The van der Waals surface area contributed by atoms with Crippen LogP contribution < -0.4 is 16.6 Å². The maximum atomic E-state index is 11.4. The Labute approximate surface area is 142 Å². The molecule has 6 nitrogen and oxygen atoms in total. The minimum atomic E-state index is -0.399. The lowest BCUT2D eigenvalue weighted by Gasteiger charge is -2.44. The van der Waals surface area contributed by atoms with Gasteiger partial charge in [-0.25, -0.2) is 15.8 Å². The molecule has 0 radical (unpaired) electrons. The molecule has 24 heavy (non-hydrogen) atoms. The summed E-state index contributed by atoms with van der Waals surface area (Å²) in [7, 11) is 0. The van der Waals surface area contributed by atoms with Crippen molar-refractivity contribution in [3.05, 3.63) is 53.3 Å². The summed E-state index contributed by atoms with van der Waals surface area (Å²) < 4.78 is 0. The van der Waals surface area contributed by atoms with Crippen molar-refractivity contribution in [3.8, 4) is 0 Å². The second-order valence-electron chi connectivity index (χ2n) is 5.64. The van der Waals surface area contributed by atoms with Gasteiger partial charge in [-0.1, -0.05) is 38.1 Å². The lowest BCUT2D eigenvalue weighted by Crippen LogP contribution is -2.43. The van der Waals surface area contributed by atoms with Crippen LogP contribution in [0.5, 0.6) is 0 Å². The van der Waals surface area contributed by atoms with E-state index in [-0.39, 0.29) is 5.54 Å². The fourth-order valence-electron chi connectivity index (χ4n) is 2.91. The van der Waals surface area contributed by atoms with Crippen LogP contribution in [0.3, 0.4) is 0 Å². The Morgan fingerprint density at radius 2 is 1.79 bits per heavy atom. The highest BCUT2D eigenvalue weighted by atomic mass is 16.2. The van der Waals surface area contributed by atoms with Gasteiger partial charge in [-0.3, -0.25) is 10.2 Å². The second kappa shape index (κ2) is 7.88. The van der Waals surface area contributed by atoms with Crippen molar-refractivity contribution in [2.45, 2.75) is 45.6 Å². The van der Waals surface area contributed by atoms with Gasteiger partial charge in [0.05, 0.1) is 11.1 Å². The molecule has 128 valence electrons. The highest BCUT2D eigenvalue weighted by Gasteiger charge is 2.40. The molecule has 0 unspecified atom stereocenters. The molecular formula is C18H25N5O. The maximum absolute atomic E-state index is 11.4. The number of nitrogen functional groups attached to an aromatic ring is 1. The largest absolute Gasteiger partial charge is 0.345 e. The summed E-state index contributed by atoms with van der Waals surface area (Å²) >= 11 is 0. The highest BCUT2D eigenvalue weighted by molar-refractivity contribution is 5.93. The number of anilines is 1. The molecule has 1 fully saturated rings. The van der Waals surface area contributed by atoms with Crippen LogP contribution in [0.25, 0.3) is 0 Å². The molecule has 3 rings (SSSR count). The lowest BCUT2D eigenvalue weighted by molar-refractivity contribution is 0.0953. The average molecular weight is 327 g/mol. The fourth-order valence-corrected chi connectivity index (χ4v) is 2.91. The molecule has 4 N–H and O–H groups in total. The predicted molar refractivity (Wildman–Crippen MR) is 95.4 cm³/mol. The smallest absolute Gasteiger partial charge is 0.268 e. The number of aryl methyl sites for hydroxylation is 1. The summed E-state index contributed by atoms with van der Waals surface area (Å²) in [5.74, 6) is 5.22. The van der Waals surface area contributed by atoms with E-state index in [2.05, 4.69) is 45.8 Å². The number of hydrogen-bond donors (Lipinski definition) is 3. The van der Waals surface area contributed by atoms with Gasteiger partial charge in [-0.05, 0) is 37.3 Å². The molecule has 0 aliphatic heterocycles. The van der Waals surface area contributed by atoms with Gasteiger partial charge >= 0.3 is 0 Å². The number of hydrogen-bond acceptors (Lipinski definition) is 5. The zero-order valence-electron chi connectivity index (χ0n) is 14.5. The maximum Gasteiger partial charge on any atom is 0.268 e. The molecule has 0 atom stereocenters. The highest BCUT2D eigenvalue weighted by Crippen LogP contribution is 2.44. The molecule has 0 spiro atoms. The third kappa shape index (κ3) is 3.54. The molecule has 1 aromatic heterocycles. The van der Waals surface area contributed by atoms with E-state index >= 15 is 0 Å². The molecule has 1 saturated carbocycles. The molecule has 1 aliphatic rings. The van der Waals surface area contributed by atoms with E-state index in [0.717, 1.165) is 12.8 Å². The van der Waals surface area contributed by atoms with E-state index < -0.39 is 5.91 Å². The van der Waals surface area contributed by atoms with E-state index in [1.807, 2.05) is 19.9 Å².